The molecule has 1 aliphatic heterocycles. The zero-order valence-electron chi connectivity index (χ0n) is 24.3. The fraction of sp³-hybridized carbons (Fsp3) is 0.314. The number of ether oxygens (including phenoxy) is 2. The first kappa shape index (κ1) is 28.4. The summed E-state index contributed by atoms with van der Waals surface area (Å²) in [5.74, 6) is 1.80. The van der Waals surface area contributed by atoms with E-state index in [4.69, 9.17) is 13.6 Å². The van der Waals surface area contributed by atoms with Crippen LogP contribution in [0.5, 0.6) is 11.5 Å². The van der Waals surface area contributed by atoms with E-state index in [0.717, 1.165) is 46.6 Å². The van der Waals surface area contributed by atoms with Crippen LogP contribution in [0.3, 0.4) is 0 Å². The molecule has 1 aliphatic rings. The number of rotatable bonds is 12. The molecule has 207 valence electrons. The van der Waals surface area contributed by atoms with Gasteiger partial charge in [-0.3, -0.25) is 0 Å². The van der Waals surface area contributed by atoms with E-state index in [0.29, 0.717) is 0 Å². The first-order valence-corrected chi connectivity index (χ1v) is 20.1. The molecule has 40 heavy (non-hydrogen) atoms. The third-order valence-corrected chi connectivity index (χ3v) is 13.0. The van der Waals surface area contributed by atoms with Crippen molar-refractivity contribution in [3.05, 3.63) is 114 Å². The number of benzene rings is 4. The van der Waals surface area contributed by atoms with Crippen molar-refractivity contribution in [2.24, 2.45) is 0 Å². The zero-order valence-corrected chi connectivity index (χ0v) is 26.3. The van der Waals surface area contributed by atoms with Gasteiger partial charge in [-0.25, -0.2) is 0 Å². The minimum Gasteiger partial charge on any atom is -0.494 e. The predicted molar refractivity (Wildman–Crippen MR) is 172 cm³/mol. The molecule has 0 aromatic heterocycles. The zero-order chi connectivity index (χ0) is 28.0. The molecule has 0 fully saturated rings. The molecule has 5 heteroatoms. The fourth-order valence-electron chi connectivity index (χ4n) is 5.71. The van der Waals surface area contributed by atoms with Crippen LogP contribution in [0.25, 0.3) is 16.8 Å². The molecule has 4 aromatic carbocycles. The Bertz CT molecular complexity index is 1390. The van der Waals surface area contributed by atoms with Crippen LogP contribution in [0.15, 0.2) is 97.1 Å². The highest BCUT2D eigenvalue weighted by Crippen LogP contribution is 2.44. The average molecular weight is 566 g/mol. The standard InChI is InChI=1S/C35H41O3Si2/c1-39(2)38-40(3,4)26-14-6-5-13-25-36-31-21-19-28-20-22-34-32(33(28)27-31)23-24-35(37-34,29-15-9-7-10-16-29)30-17-11-8-12-18-30/h7-12,15-24,27H,5-6,13-14,25-26H2,1-4H3. The van der Waals surface area contributed by atoms with Crippen LogP contribution in [0.1, 0.15) is 42.4 Å². The lowest BCUT2D eigenvalue weighted by Crippen LogP contribution is -2.34. The first-order chi connectivity index (χ1) is 19.4. The van der Waals surface area contributed by atoms with Crippen LogP contribution in [-0.2, 0) is 9.72 Å². The third kappa shape index (κ3) is 6.60. The van der Waals surface area contributed by atoms with Gasteiger partial charge in [0.2, 0.25) is 0 Å². The van der Waals surface area contributed by atoms with E-state index < -0.39 is 23.0 Å². The summed E-state index contributed by atoms with van der Waals surface area (Å²) < 4.78 is 19.4. The molecular formula is C35H41O3Si2. The minimum absolute atomic E-state index is 0.595. The number of hydrogen-bond donors (Lipinski definition) is 0. The Labute approximate surface area is 242 Å². The molecule has 0 bridgehead atoms. The second kappa shape index (κ2) is 12.6. The Morgan fingerprint density at radius 3 is 2.10 bits per heavy atom. The van der Waals surface area contributed by atoms with Crippen LogP contribution in [0.2, 0.25) is 32.2 Å². The number of fused-ring (bicyclic) bond motifs is 3. The van der Waals surface area contributed by atoms with Crippen molar-refractivity contribution in [3.63, 3.8) is 0 Å². The summed E-state index contributed by atoms with van der Waals surface area (Å²) in [5, 5.41) is 2.34. The van der Waals surface area contributed by atoms with Gasteiger partial charge in [0.15, 0.2) is 23.0 Å². The molecule has 0 amide bonds. The van der Waals surface area contributed by atoms with Gasteiger partial charge >= 0.3 is 0 Å². The molecule has 4 aromatic rings. The second-order valence-corrected chi connectivity index (χ2v) is 18.2. The van der Waals surface area contributed by atoms with Gasteiger partial charge in [-0.15, -0.1) is 0 Å². The SMILES string of the molecule is C[Si](C)O[Si](C)(C)CCCCCCOc1ccc2ccc3c(c2c1)C=CC(c1ccccc1)(c1ccccc1)O3. The Balaban J connectivity index is 1.27. The lowest BCUT2D eigenvalue weighted by molar-refractivity contribution is 0.161. The van der Waals surface area contributed by atoms with Crippen LogP contribution < -0.4 is 9.47 Å². The van der Waals surface area contributed by atoms with E-state index in [1.54, 1.807) is 0 Å². The van der Waals surface area contributed by atoms with Crippen molar-refractivity contribution < 1.29 is 13.6 Å². The van der Waals surface area contributed by atoms with Gasteiger partial charge < -0.3 is 13.6 Å². The highest BCUT2D eigenvalue weighted by molar-refractivity contribution is 6.77. The summed E-state index contributed by atoms with van der Waals surface area (Å²) in [6, 6.07) is 32.8. The maximum absolute atomic E-state index is 6.89. The fourth-order valence-corrected chi connectivity index (χ4v) is 11.6. The quantitative estimate of drug-likeness (QED) is 0.126. The topological polar surface area (TPSA) is 27.7 Å². The van der Waals surface area contributed by atoms with E-state index in [2.05, 4.69) is 117 Å². The molecular weight excluding hydrogens is 525 g/mol. The van der Waals surface area contributed by atoms with Gasteiger partial charge in [-0.1, -0.05) is 92.1 Å². The summed E-state index contributed by atoms with van der Waals surface area (Å²) in [7, 11) is -2.07. The van der Waals surface area contributed by atoms with Crippen molar-refractivity contribution in [3.8, 4) is 11.5 Å². The van der Waals surface area contributed by atoms with Crippen molar-refractivity contribution >= 4 is 34.2 Å². The van der Waals surface area contributed by atoms with Gasteiger partial charge in [0, 0.05) is 16.7 Å². The van der Waals surface area contributed by atoms with Crippen LogP contribution in [0, 0.1) is 0 Å². The maximum atomic E-state index is 6.89. The lowest BCUT2D eigenvalue weighted by Gasteiger charge is -2.36. The first-order valence-electron chi connectivity index (χ1n) is 14.5. The molecule has 1 radical (unpaired) electrons. The predicted octanol–water partition coefficient (Wildman–Crippen LogP) is 9.60. The van der Waals surface area contributed by atoms with Gasteiger partial charge in [0.1, 0.15) is 11.5 Å². The van der Waals surface area contributed by atoms with Gasteiger partial charge in [-0.05, 0) is 79.8 Å². The molecule has 0 saturated carbocycles. The van der Waals surface area contributed by atoms with E-state index in [1.807, 2.05) is 12.1 Å². The molecule has 0 aliphatic carbocycles. The highest BCUT2D eigenvalue weighted by Gasteiger charge is 2.37. The molecule has 0 atom stereocenters. The molecule has 0 unspecified atom stereocenters. The lowest BCUT2D eigenvalue weighted by atomic mass is 9.83. The Hall–Kier alpha value is -3.13. The van der Waals surface area contributed by atoms with Crippen LogP contribution in [0.4, 0.5) is 0 Å². The average Bonchev–Trinajstić information content (AvgIpc) is 2.96. The smallest absolute Gasteiger partial charge is 0.191 e. The largest absolute Gasteiger partial charge is 0.494 e. The summed E-state index contributed by atoms with van der Waals surface area (Å²) in [5.41, 5.74) is 2.65. The summed E-state index contributed by atoms with van der Waals surface area (Å²) in [6.45, 7) is 9.94. The molecule has 0 saturated heterocycles. The van der Waals surface area contributed by atoms with Crippen LogP contribution >= 0.6 is 0 Å². The van der Waals surface area contributed by atoms with Crippen LogP contribution in [-0.4, -0.2) is 24.0 Å². The number of unbranched alkanes of at least 4 members (excludes halogenated alkanes) is 3. The van der Waals surface area contributed by atoms with Crippen molar-refractivity contribution in [1.82, 2.24) is 0 Å². The van der Waals surface area contributed by atoms with E-state index >= 15 is 0 Å². The molecule has 1 heterocycles. The number of hydrogen-bond acceptors (Lipinski definition) is 3. The summed E-state index contributed by atoms with van der Waals surface area (Å²) in [4.78, 5) is 0. The summed E-state index contributed by atoms with van der Waals surface area (Å²) in [6.07, 6.45) is 9.20. The second-order valence-electron chi connectivity index (χ2n) is 11.5. The van der Waals surface area contributed by atoms with Gasteiger partial charge in [0.05, 0.1) is 6.61 Å². The molecule has 5 rings (SSSR count). The summed E-state index contributed by atoms with van der Waals surface area (Å²) >= 11 is 0. The highest BCUT2D eigenvalue weighted by atomic mass is 28.4. The third-order valence-electron chi connectivity index (χ3n) is 7.58. The molecule has 3 nitrogen and oxygen atoms in total. The van der Waals surface area contributed by atoms with Crippen molar-refractivity contribution in [1.29, 1.82) is 0 Å². The van der Waals surface area contributed by atoms with E-state index in [1.165, 1.54) is 30.7 Å². The Kier molecular flexibility index (Phi) is 8.94. The van der Waals surface area contributed by atoms with Gasteiger partial charge in [0.25, 0.3) is 0 Å². The van der Waals surface area contributed by atoms with E-state index in [-0.39, 0.29) is 0 Å². The van der Waals surface area contributed by atoms with Gasteiger partial charge in [-0.2, -0.15) is 0 Å². The maximum Gasteiger partial charge on any atom is 0.191 e. The Morgan fingerprint density at radius 1 is 0.775 bits per heavy atom. The monoisotopic (exact) mass is 565 g/mol. The Morgan fingerprint density at radius 2 is 1.43 bits per heavy atom. The van der Waals surface area contributed by atoms with E-state index in [9.17, 15) is 0 Å². The van der Waals surface area contributed by atoms with Crippen molar-refractivity contribution in [2.75, 3.05) is 6.61 Å². The molecule has 0 spiro atoms. The molecule has 0 N–H and O–H groups in total. The van der Waals surface area contributed by atoms with Crippen molar-refractivity contribution in [2.45, 2.75) is 63.5 Å². The normalized spacial score (nSPS) is 14.2. The minimum atomic E-state index is -1.48.